The molecule has 0 radical (unpaired) electrons. The number of hydrogen-bond donors (Lipinski definition) is 0. The zero-order valence-electron chi connectivity index (χ0n) is 16.3. The Morgan fingerprint density at radius 2 is 1.61 bits per heavy atom. The van der Waals surface area contributed by atoms with Crippen molar-refractivity contribution in [2.75, 3.05) is 0 Å². The van der Waals surface area contributed by atoms with Crippen molar-refractivity contribution in [2.45, 2.75) is 28.3 Å². The van der Waals surface area contributed by atoms with Crippen LogP contribution in [0.5, 0.6) is 0 Å². The minimum atomic E-state index is -1.30. The quantitative estimate of drug-likeness (QED) is 0.437. The van der Waals surface area contributed by atoms with E-state index in [1.54, 1.807) is 35.2 Å². The van der Waals surface area contributed by atoms with Gasteiger partial charge in [0.2, 0.25) is 0 Å². The Balaban J connectivity index is 1.75. The summed E-state index contributed by atoms with van der Waals surface area (Å²) < 4.78 is -1.17. The first kappa shape index (κ1) is 20.4. The summed E-state index contributed by atoms with van der Waals surface area (Å²) in [5.74, 6) is -0.533. The minimum Gasteiger partial charge on any atom is -0.309 e. The van der Waals surface area contributed by atoms with Crippen molar-refractivity contribution in [1.29, 1.82) is 5.26 Å². The first-order valence-electron chi connectivity index (χ1n) is 9.92. The summed E-state index contributed by atoms with van der Waals surface area (Å²) in [6.45, 7) is 0. The number of alkyl halides is 2. The number of fused-ring (bicyclic) bond motifs is 3. The van der Waals surface area contributed by atoms with Crippen LogP contribution in [-0.2, 0) is 12.0 Å². The smallest absolute Gasteiger partial charge is 0.255 e. The van der Waals surface area contributed by atoms with Gasteiger partial charge in [-0.25, -0.2) is 0 Å². The van der Waals surface area contributed by atoms with E-state index in [1.165, 1.54) is 0 Å². The van der Waals surface area contributed by atoms with Crippen LogP contribution in [0.25, 0.3) is 0 Å². The molecule has 2 aliphatic rings. The Labute approximate surface area is 195 Å². The molecule has 0 spiro atoms. The second kappa shape index (κ2) is 7.28. The van der Waals surface area contributed by atoms with Gasteiger partial charge < -0.3 is 4.90 Å². The fourth-order valence-corrected chi connectivity index (χ4v) is 5.79. The van der Waals surface area contributed by atoms with Crippen molar-refractivity contribution >= 4 is 40.7 Å². The van der Waals surface area contributed by atoms with Crippen molar-refractivity contribution in [3.8, 4) is 6.07 Å². The van der Waals surface area contributed by atoms with Crippen LogP contribution >= 0.6 is 34.8 Å². The molecule has 1 aliphatic carbocycles. The molecule has 3 aromatic carbocycles. The van der Waals surface area contributed by atoms with Crippen molar-refractivity contribution < 1.29 is 4.79 Å². The Morgan fingerprint density at radius 3 is 2.32 bits per heavy atom. The molecule has 3 aromatic rings. The lowest BCUT2D eigenvalue weighted by atomic mass is 9.77. The Kier molecular flexibility index (Phi) is 4.79. The van der Waals surface area contributed by atoms with Crippen LogP contribution < -0.4 is 0 Å². The lowest BCUT2D eigenvalue weighted by molar-refractivity contribution is 0.0519. The number of hydrogen-bond acceptors (Lipinski definition) is 2. The summed E-state index contributed by atoms with van der Waals surface area (Å²) >= 11 is 19.9. The standard InChI is InChI=1S/C25H17Cl3N2O/c26-20-13-7-4-10-17(20)14-24(15-29)19-12-6-5-11-18(19)21-22(25(21,27)28)30(24)23(31)16-8-2-1-3-9-16/h1-13,21-22H,14H2. The topological polar surface area (TPSA) is 44.1 Å². The highest BCUT2D eigenvalue weighted by atomic mass is 35.5. The molecule has 3 atom stereocenters. The van der Waals surface area contributed by atoms with Gasteiger partial charge in [-0.05, 0) is 34.9 Å². The van der Waals surface area contributed by atoms with Crippen LogP contribution in [0.1, 0.15) is 33.0 Å². The molecule has 0 bridgehead atoms. The van der Waals surface area contributed by atoms with Gasteiger partial charge in [-0.1, -0.05) is 95.5 Å². The highest BCUT2D eigenvalue weighted by Crippen LogP contribution is 2.68. The number of nitriles is 1. The fourth-order valence-electron chi connectivity index (χ4n) is 4.79. The first-order chi connectivity index (χ1) is 14.9. The number of carbonyl (C=O) groups excluding carboxylic acids is 1. The average molecular weight is 468 g/mol. The van der Waals surface area contributed by atoms with E-state index in [4.69, 9.17) is 34.8 Å². The monoisotopic (exact) mass is 466 g/mol. The molecule has 0 aromatic heterocycles. The normalized spacial score (nSPS) is 25.2. The fraction of sp³-hybridized carbons (Fsp3) is 0.200. The molecule has 3 unspecified atom stereocenters. The average Bonchev–Trinajstić information content (AvgIpc) is 3.36. The lowest BCUT2D eigenvalue weighted by Crippen LogP contribution is -2.54. The third kappa shape index (κ3) is 2.97. The molecule has 1 saturated carbocycles. The van der Waals surface area contributed by atoms with Gasteiger partial charge in [0.15, 0.2) is 5.54 Å². The molecule has 1 heterocycles. The van der Waals surface area contributed by atoms with Crippen LogP contribution in [0.15, 0.2) is 78.9 Å². The number of benzene rings is 3. The third-order valence-corrected chi connectivity index (χ3v) is 7.56. The van der Waals surface area contributed by atoms with Gasteiger partial charge in [0.05, 0.1) is 12.1 Å². The molecular formula is C25H17Cl3N2O. The van der Waals surface area contributed by atoms with Crippen LogP contribution in [0.3, 0.4) is 0 Å². The van der Waals surface area contributed by atoms with Crippen LogP contribution in [0.2, 0.25) is 5.02 Å². The molecule has 31 heavy (non-hydrogen) atoms. The van der Waals surface area contributed by atoms with Gasteiger partial charge >= 0.3 is 0 Å². The molecular weight excluding hydrogens is 451 g/mol. The zero-order chi connectivity index (χ0) is 21.8. The maximum Gasteiger partial charge on any atom is 0.255 e. The SMILES string of the molecule is N#CC1(Cc2ccccc2Cl)c2ccccc2C2C(N1C(=O)c1ccccc1)C2(Cl)Cl. The molecule has 3 nitrogen and oxygen atoms in total. The van der Waals surface area contributed by atoms with E-state index in [9.17, 15) is 10.1 Å². The summed E-state index contributed by atoms with van der Waals surface area (Å²) in [5, 5.41) is 11.2. The van der Waals surface area contributed by atoms with E-state index in [1.807, 2.05) is 48.5 Å². The van der Waals surface area contributed by atoms with Crippen LogP contribution in [-0.4, -0.2) is 21.2 Å². The molecule has 1 fully saturated rings. The van der Waals surface area contributed by atoms with Crippen molar-refractivity contribution in [2.24, 2.45) is 0 Å². The number of nitrogens with zero attached hydrogens (tertiary/aromatic N) is 2. The highest BCUT2D eigenvalue weighted by molar-refractivity contribution is 6.52. The van der Waals surface area contributed by atoms with Gasteiger partial charge in [0.1, 0.15) is 4.33 Å². The molecule has 5 rings (SSSR count). The first-order valence-corrected chi connectivity index (χ1v) is 11.1. The number of halogens is 3. The second-order valence-corrected chi connectivity index (χ2v) is 9.82. The Morgan fingerprint density at radius 1 is 0.968 bits per heavy atom. The number of rotatable bonds is 3. The lowest BCUT2D eigenvalue weighted by Gasteiger charge is -2.43. The number of carbonyl (C=O) groups is 1. The van der Waals surface area contributed by atoms with Crippen LogP contribution in [0.4, 0.5) is 0 Å². The largest absolute Gasteiger partial charge is 0.309 e. The van der Waals surface area contributed by atoms with Crippen molar-refractivity contribution in [1.82, 2.24) is 4.90 Å². The van der Waals surface area contributed by atoms with E-state index in [-0.39, 0.29) is 18.2 Å². The van der Waals surface area contributed by atoms with E-state index in [2.05, 4.69) is 6.07 Å². The minimum absolute atomic E-state index is 0.228. The number of amides is 1. The van der Waals surface area contributed by atoms with Crippen LogP contribution in [0, 0.1) is 11.3 Å². The molecule has 0 N–H and O–H groups in total. The molecule has 1 amide bonds. The summed E-state index contributed by atoms with van der Waals surface area (Å²) in [5.41, 5.74) is 1.60. The summed E-state index contributed by atoms with van der Waals surface area (Å²) in [4.78, 5) is 15.4. The molecule has 6 heteroatoms. The van der Waals surface area contributed by atoms with Crippen molar-refractivity contribution in [3.63, 3.8) is 0 Å². The maximum absolute atomic E-state index is 13.8. The summed E-state index contributed by atoms with van der Waals surface area (Å²) in [6.07, 6.45) is 0.228. The van der Waals surface area contributed by atoms with E-state index in [0.717, 1.165) is 16.7 Å². The predicted molar refractivity (Wildman–Crippen MR) is 122 cm³/mol. The summed E-state index contributed by atoms with van der Waals surface area (Å²) in [7, 11) is 0. The molecule has 154 valence electrons. The van der Waals surface area contributed by atoms with Gasteiger partial charge in [-0.3, -0.25) is 4.79 Å². The third-order valence-electron chi connectivity index (χ3n) is 6.28. The molecule has 1 aliphatic heterocycles. The zero-order valence-corrected chi connectivity index (χ0v) is 18.6. The Hall–Kier alpha value is -2.51. The highest BCUT2D eigenvalue weighted by Gasteiger charge is 2.74. The van der Waals surface area contributed by atoms with E-state index < -0.39 is 15.9 Å². The van der Waals surface area contributed by atoms with Gasteiger partial charge in [-0.2, -0.15) is 5.26 Å². The van der Waals surface area contributed by atoms with Gasteiger partial charge in [0, 0.05) is 22.9 Å². The van der Waals surface area contributed by atoms with Crippen molar-refractivity contribution in [3.05, 3.63) is 106 Å². The summed E-state index contributed by atoms with van der Waals surface area (Å²) in [6, 6.07) is 25.9. The Bertz CT molecular complexity index is 1220. The molecule has 0 saturated heterocycles. The predicted octanol–water partition coefficient (Wildman–Crippen LogP) is 6.10. The van der Waals surface area contributed by atoms with E-state index in [0.29, 0.717) is 10.6 Å². The van der Waals surface area contributed by atoms with Gasteiger partial charge in [0.25, 0.3) is 5.91 Å². The second-order valence-electron chi connectivity index (χ2n) is 7.97. The maximum atomic E-state index is 13.8. The van der Waals surface area contributed by atoms with E-state index >= 15 is 0 Å². The van der Waals surface area contributed by atoms with Gasteiger partial charge in [-0.15, -0.1) is 0 Å².